The first-order valence-corrected chi connectivity index (χ1v) is 23.4. The lowest BCUT2D eigenvalue weighted by molar-refractivity contribution is -0.141. The molecule has 59 heavy (non-hydrogen) atoms. The van der Waals surface area contributed by atoms with Gasteiger partial charge in [-0.1, -0.05) is 25.0 Å². The Morgan fingerprint density at radius 1 is 1.02 bits per heavy atom. The van der Waals surface area contributed by atoms with Gasteiger partial charge < -0.3 is 29.9 Å². The third-order valence-corrected chi connectivity index (χ3v) is 15.4. The van der Waals surface area contributed by atoms with Gasteiger partial charge in [-0.25, -0.2) is 23.2 Å². The predicted octanol–water partition coefficient (Wildman–Crippen LogP) is 4.69. The van der Waals surface area contributed by atoms with E-state index in [0.717, 1.165) is 60.2 Å². The van der Waals surface area contributed by atoms with Crippen LogP contribution in [-0.2, 0) is 24.4 Å². The summed E-state index contributed by atoms with van der Waals surface area (Å²) in [7, 11) is -2.28. The first-order valence-electron chi connectivity index (χ1n) is 21.0. The van der Waals surface area contributed by atoms with Gasteiger partial charge in [-0.3, -0.25) is 19.1 Å². The maximum atomic E-state index is 14.7. The summed E-state index contributed by atoms with van der Waals surface area (Å²) in [6.45, 7) is 3.19. The lowest BCUT2D eigenvalue weighted by atomic mass is 10.0. The number of fused-ring (bicyclic) bond motifs is 3. The first-order chi connectivity index (χ1) is 28.4. The third kappa shape index (κ3) is 7.99. The number of nitrogens with one attached hydrogen (secondary N) is 3. The van der Waals surface area contributed by atoms with Gasteiger partial charge in [0.2, 0.25) is 21.8 Å². The highest BCUT2D eigenvalue weighted by molar-refractivity contribution is 7.91. The van der Waals surface area contributed by atoms with Crippen molar-refractivity contribution in [3.63, 3.8) is 0 Å². The summed E-state index contributed by atoms with van der Waals surface area (Å²) in [5, 5.41) is 8.86. The van der Waals surface area contributed by atoms with E-state index in [1.807, 2.05) is 37.3 Å². The van der Waals surface area contributed by atoms with E-state index in [9.17, 15) is 27.6 Å². The zero-order valence-corrected chi connectivity index (χ0v) is 35.0. The Morgan fingerprint density at radius 2 is 1.83 bits per heavy atom. The number of benzene rings is 1. The second kappa shape index (κ2) is 15.7. The van der Waals surface area contributed by atoms with Crippen LogP contribution in [0.5, 0.6) is 11.5 Å². The second-order valence-electron chi connectivity index (χ2n) is 17.0. The number of aromatic nitrogens is 2. The number of thiazole rings is 1. The standard InChI is InChI=1S/C42H51N7O8S2/c1-24-34(56-2)16-15-29-35(20-31(43-36(24)29)38-44-32(23-58-38)25-11-12-25)57-27-19-33-37(50)46-42(40(52)47-59(54,55)28-13-14-28)21-26(42)9-6-4-3-5-7-10-30(39(51)49(33)22-27)45-41(53)48-17-8-18-48/h6,9,15-16,20,23,25-28,30,33H,3-5,7-8,10-14,17-19,21-22H2,1-2H3,(H,45,53)(H,46,50)(H,47,52)/b9-6-/t26-,27-,30+,33+,42?/m1/s1. The Labute approximate surface area is 347 Å². The van der Waals surface area contributed by atoms with Crippen molar-refractivity contribution < 1.29 is 37.1 Å². The monoisotopic (exact) mass is 845 g/mol. The number of sulfonamides is 1. The summed E-state index contributed by atoms with van der Waals surface area (Å²) in [6, 6.07) is 3.32. The molecule has 2 saturated heterocycles. The normalized spacial score (nSPS) is 28.0. The number of pyridine rings is 1. The van der Waals surface area contributed by atoms with Crippen molar-refractivity contribution in [1.82, 2.24) is 35.1 Å². The number of likely N-dealkylation sites (tertiary alicyclic amines) is 1. The lowest BCUT2D eigenvalue weighted by Crippen LogP contribution is -2.59. The molecule has 15 nitrogen and oxygen atoms in total. The Hall–Kier alpha value is -4.77. The summed E-state index contributed by atoms with van der Waals surface area (Å²) in [6.07, 6.45) is 11.0. The molecule has 314 valence electrons. The number of urea groups is 1. The van der Waals surface area contributed by atoms with Gasteiger partial charge >= 0.3 is 6.03 Å². The van der Waals surface area contributed by atoms with Crippen molar-refractivity contribution in [2.75, 3.05) is 26.7 Å². The SMILES string of the molecule is COc1ccc2c(O[C@@H]3C[C@H]4C(=O)NC5(C(=O)NS(=O)(=O)C6CC6)C[C@H]5/C=C\CCCCC[C@H](NC(=O)N5CCC5)C(=O)N4C3)cc(-c3nc(C4CC4)cs3)nc2c1C. The molecular weight excluding hydrogens is 795 g/mol. The average molecular weight is 846 g/mol. The van der Waals surface area contributed by atoms with Crippen LogP contribution < -0.4 is 24.8 Å². The molecule has 2 aromatic heterocycles. The van der Waals surface area contributed by atoms with E-state index in [4.69, 9.17) is 19.4 Å². The van der Waals surface area contributed by atoms with Crippen molar-refractivity contribution >= 4 is 56.0 Å². The van der Waals surface area contributed by atoms with E-state index in [2.05, 4.69) is 20.7 Å². The fraction of sp³-hybridized carbons (Fsp3) is 0.571. The molecule has 0 spiro atoms. The van der Waals surface area contributed by atoms with Crippen molar-refractivity contribution in [2.24, 2.45) is 5.92 Å². The summed E-state index contributed by atoms with van der Waals surface area (Å²) in [4.78, 5) is 69.6. The van der Waals surface area contributed by atoms with E-state index < -0.39 is 62.6 Å². The molecule has 9 rings (SSSR count). The predicted molar refractivity (Wildman–Crippen MR) is 220 cm³/mol. The summed E-state index contributed by atoms with van der Waals surface area (Å²) < 4.78 is 40.6. The van der Waals surface area contributed by atoms with Gasteiger partial charge in [-0.15, -0.1) is 11.3 Å². The van der Waals surface area contributed by atoms with Crippen LogP contribution in [0, 0.1) is 12.8 Å². The van der Waals surface area contributed by atoms with Crippen molar-refractivity contribution in [2.45, 2.75) is 119 Å². The van der Waals surface area contributed by atoms with E-state index in [-0.39, 0.29) is 25.4 Å². The van der Waals surface area contributed by atoms with E-state index in [1.165, 1.54) is 16.2 Å². The summed E-state index contributed by atoms with van der Waals surface area (Å²) in [5.41, 5.74) is 1.71. The molecule has 17 heteroatoms. The first kappa shape index (κ1) is 39.7. The van der Waals surface area contributed by atoms with E-state index in [0.29, 0.717) is 67.4 Å². The van der Waals surface area contributed by atoms with Gasteiger partial charge in [0.15, 0.2) is 0 Å². The summed E-state index contributed by atoms with van der Waals surface area (Å²) >= 11 is 1.53. The Morgan fingerprint density at radius 3 is 2.56 bits per heavy atom. The van der Waals surface area contributed by atoms with Gasteiger partial charge in [0.1, 0.15) is 45.9 Å². The Kier molecular flexibility index (Phi) is 10.5. The van der Waals surface area contributed by atoms with Gasteiger partial charge in [-0.05, 0) is 76.8 Å². The van der Waals surface area contributed by atoms with Crippen LogP contribution in [-0.4, -0.2) is 108 Å². The fourth-order valence-corrected chi connectivity index (χ4v) is 10.8. The van der Waals surface area contributed by atoms with Crippen LogP contribution in [0.1, 0.15) is 94.2 Å². The van der Waals surface area contributed by atoms with Crippen molar-refractivity contribution in [1.29, 1.82) is 0 Å². The second-order valence-corrected chi connectivity index (χ2v) is 19.8. The average Bonchev–Trinajstić information content (AvgIpc) is 4.14. The van der Waals surface area contributed by atoms with Gasteiger partial charge in [0.05, 0.1) is 30.1 Å². The van der Waals surface area contributed by atoms with Crippen molar-refractivity contribution in [3.8, 4) is 22.2 Å². The molecule has 3 N–H and O–H groups in total. The molecule has 5 heterocycles. The fourth-order valence-electron chi connectivity index (χ4n) is 8.56. The lowest BCUT2D eigenvalue weighted by Gasteiger charge is -2.34. The molecule has 5 atom stereocenters. The molecule has 1 unspecified atom stereocenters. The number of amides is 5. The zero-order valence-electron chi connectivity index (χ0n) is 33.4. The smallest absolute Gasteiger partial charge is 0.318 e. The number of nitrogens with zero attached hydrogens (tertiary/aromatic N) is 4. The van der Waals surface area contributed by atoms with E-state index >= 15 is 0 Å². The molecule has 5 amide bonds. The van der Waals surface area contributed by atoms with Gasteiger partial charge in [-0.2, -0.15) is 0 Å². The largest absolute Gasteiger partial charge is 0.496 e. The molecular formula is C42H51N7O8S2. The number of ether oxygens (including phenoxy) is 2. The highest BCUT2D eigenvalue weighted by Gasteiger charge is 2.62. The molecule has 3 aliphatic heterocycles. The maximum Gasteiger partial charge on any atom is 0.318 e. The molecule has 0 radical (unpaired) electrons. The minimum absolute atomic E-state index is 0.0307. The summed E-state index contributed by atoms with van der Waals surface area (Å²) in [5.74, 6) is -0.526. The van der Waals surface area contributed by atoms with Crippen molar-refractivity contribution in [3.05, 3.63) is 47.0 Å². The third-order valence-electron chi connectivity index (χ3n) is 12.7. The van der Waals surface area contributed by atoms with Crippen LogP contribution >= 0.6 is 11.3 Å². The molecule has 5 fully saturated rings. The number of carbonyl (C=O) groups excluding carboxylic acids is 4. The maximum absolute atomic E-state index is 14.7. The number of rotatable bonds is 9. The van der Waals surface area contributed by atoms with Gasteiger partial charge in [0, 0.05) is 53.7 Å². The molecule has 1 aromatic carbocycles. The molecule has 3 saturated carbocycles. The molecule has 6 aliphatic rings. The quantitative estimate of drug-likeness (QED) is 0.255. The van der Waals surface area contributed by atoms with Crippen LogP contribution in [0.2, 0.25) is 0 Å². The number of allylic oxidation sites excluding steroid dienone is 1. The minimum Gasteiger partial charge on any atom is -0.496 e. The van der Waals surface area contributed by atoms with Gasteiger partial charge in [0.25, 0.3) is 5.91 Å². The molecule has 3 aliphatic carbocycles. The van der Waals surface area contributed by atoms with Crippen LogP contribution in [0.3, 0.4) is 0 Å². The molecule has 3 aromatic rings. The number of aryl methyl sites for hydroxylation is 1. The minimum atomic E-state index is -3.89. The number of hydrogen-bond donors (Lipinski definition) is 3. The highest BCUT2D eigenvalue weighted by Crippen LogP contribution is 2.47. The van der Waals surface area contributed by atoms with E-state index in [1.54, 1.807) is 12.0 Å². The number of carbonyl (C=O) groups is 4. The van der Waals surface area contributed by atoms with Crippen LogP contribution in [0.4, 0.5) is 4.79 Å². The highest BCUT2D eigenvalue weighted by atomic mass is 32.2. The Bertz CT molecular complexity index is 2320. The zero-order chi connectivity index (χ0) is 41.1. The topological polar surface area (TPSA) is 189 Å². The Balaban J connectivity index is 1.05. The van der Waals surface area contributed by atoms with Crippen LogP contribution in [0.25, 0.3) is 21.6 Å². The molecule has 0 bridgehead atoms. The van der Waals surface area contributed by atoms with Crippen LogP contribution in [0.15, 0.2) is 35.7 Å². The number of methoxy groups -OCH3 is 1. The number of hydrogen-bond acceptors (Lipinski definition) is 11.